The van der Waals surface area contributed by atoms with Crippen molar-refractivity contribution in [2.24, 2.45) is 0 Å². The molecule has 0 saturated carbocycles. The Kier molecular flexibility index (Phi) is 8.34. The van der Waals surface area contributed by atoms with Crippen LogP contribution in [0, 0.1) is 5.82 Å². The fourth-order valence-corrected chi connectivity index (χ4v) is 4.28. The van der Waals surface area contributed by atoms with Crippen molar-refractivity contribution in [3.8, 4) is 11.5 Å². The van der Waals surface area contributed by atoms with Gasteiger partial charge in [-0.1, -0.05) is 0 Å². The number of nitrogens with one attached hydrogen (secondary N) is 3. The molecule has 3 heterocycles. The Hall–Kier alpha value is -4.19. The number of alkyl halides is 2. The minimum Gasteiger partial charge on any atom is -0.456 e. The largest absolute Gasteiger partial charge is 0.456 e. The van der Waals surface area contributed by atoms with Gasteiger partial charge >= 0.3 is 0 Å². The molecule has 12 heteroatoms. The van der Waals surface area contributed by atoms with Crippen molar-refractivity contribution in [3.05, 3.63) is 82.2 Å². The molecule has 4 rings (SSSR count). The molecule has 0 aliphatic carbocycles. The number of hydrogen-bond acceptors (Lipinski definition) is 6. The average Bonchev–Trinajstić information content (AvgIpc) is 2.90. The number of nitrogens with zero attached hydrogens (tertiary/aromatic N) is 2. The van der Waals surface area contributed by atoms with E-state index in [1.54, 1.807) is 17.9 Å². The molecule has 1 saturated heterocycles. The number of aromatic amines is 1. The molecular formula is C27H28F3N5O4. The van der Waals surface area contributed by atoms with Gasteiger partial charge in [0.15, 0.2) is 0 Å². The number of carbonyl (C=O) groups excluding carboxylic acids is 2. The van der Waals surface area contributed by atoms with Crippen molar-refractivity contribution in [3.63, 3.8) is 0 Å². The SMILES string of the molecule is CC(=O)NCc1cc(C2CN(C(C)C(=O)Nc3ccc(Oc4ccc(F)cc4)cn3)CCC2(F)F)c[nH]c1=O. The van der Waals surface area contributed by atoms with Gasteiger partial charge in [-0.2, -0.15) is 0 Å². The van der Waals surface area contributed by atoms with E-state index in [0.717, 1.165) is 0 Å². The molecule has 0 radical (unpaired) electrons. The van der Waals surface area contributed by atoms with Gasteiger partial charge in [0.05, 0.1) is 18.2 Å². The van der Waals surface area contributed by atoms with E-state index in [9.17, 15) is 27.6 Å². The van der Waals surface area contributed by atoms with Gasteiger partial charge in [-0.15, -0.1) is 0 Å². The summed E-state index contributed by atoms with van der Waals surface area (Å²) in [6, 6.07) is 9.22. The van der Waals surface area contributed by atoms with E-state index in [2.05, 4.69) is 20.6 Å². The van der Waals surface area contributed by atoms with Gasteiger partial charge in [-0.25, -0.2) is 18.2 Å². The van der Waals surface area contributed by atoms with Crippen LogP contribution in [0.5, 0.6) is 11.5 Å². The van der Waals surface area contributed by atoms with Crippen LogP contribution in [0.1, 0.15) is 37.3 Å². The summed E-state index contributed by atoms with van der Waals surface area (Å²) in [5.74, 6) is -4.43. The van der Waals surface area contributed by atoms with Crippen molar-refractivity contribution >= 4 is 17.6 Å². The van der Waals surface area contributed by atoms with Gasteiger partial charge in [0, 0.05) is 44.7 Å². The summed E-state index contributed by atoms with van der Waals surface area (Å²) in [4.78, 5) is 44.6. The number of halogens is 3. The number of amides is 2. The van der Waals surface area contributed by atoms with E-state index in [1.807, 2.05) is 0 Å². The second-order valence-corrected chi connectivity index (χ2v) is 9.36. The minimum atomic E-state index is -3.06. The molecule has 1 fully saturated rings. The fraction of sp³-hybridized carbons (Fsp3) is 0.333. The number of piperidine rings is 1. The third-order valence-electron chi connectivity index (χ3n) is 6.56. The molecule has 0 spiro atoms. The summed E-state index contributed by atoms with van der Waals surface area (Å²) >= 11 is 0. The number of carbonyl (C=O) groups is 2. The van der Waals surface area contributed by atoms with Crippen molar-refractivity contribution in [2.45, 2.75) is 44.7 Å². The zero-order valence-corrected chi connectivity index (χ0v) is 21.3. The predicted molar refractivity (Wildman–Crippen MR) is 137 cm³/mol. The maximum absolute atomic E-state index is 15.0. The highest BCUT2D eigenvalue weighted by Gasteiger charge is 2.46. The number of pyridine rings is 2. The lowest BCUT2D eigenvalue weighted by atomic mass is 9.86. The molecule has 2 aromatic heterocycles. The van der Waals surface area contributed by atoms with Gasteiger partial charge in [-0.05, 0) is 55.0 Å². The first-order valence-electron chi connectivity index (χ1n) is 12.3. The minimum absolute atomic E-state index is 0.00192. The van der Waals surface area contributed by atoms with Crippen LogP contribution in [0.2, 0.25) is 0 Å². The molecule has 3 aromatic rings. The van der Waals surface area contributed by atoms with Gasteiger partial charge in [0.25, 0.3) is 11.5 Å². The summed E-state index contributed by atoms with van der Waals surface area (Å²) < 4.78 is 48.6. The fourth-order valence-electron chi connectivity index (χ4n) is 4.28. The number of ether oxygens (including phenoxy) is 1. The van der Waals surface area contributed by atoms with Crippen molar-refractivity contribution < 1.29 is 27.5 Å². The molecule has 0 bridgehead atoms. The van der Waals surface area contributed by atoms with Gasteiger partial charge in [0.2, 0.25) is 11.8 Å². The number of H-pyrrole nitrogens is 1. The Balaban J connectivity index is 1.41. The maximum atomic E-state index is 15.0. The van der Waals surface area contributed by atoms with Gasteiger partial charge in [-0.3, -0.25) is 19.3 Å². The van der Waals surface area contributed by atoms with Crippen LogP contribution >= 0.6 is 0 Å². The van der Waals surface area contributed by atoms with Crippen molar-refractivity contribution in [1.82, 2.24) is 20.2 Å². The number of aromatic nitrogens is 2. The van der Waals surface area contributed by atoms with Crippen LogP contribution < -0.4 is 20.9 Å². The Bertz CT molecular complexity index is 1380. The quantitative estimate of drug-likeness (QED) is 0.398. The Morgan fingerprint density at radius 2 is 1.92 bits per heavy atom. The summed E-state index contributed by atoms with van der Waals surface area (Å²) in [5, 5.41) is 5.18. The van der Waals surface area contributed by atoms with E-state index < -0.39 is 35.8 Å². The number of anilines is 1. The smallest absolute Gasteiger partial charge is 0.257 e. The Labute approximate surface area is 222 Å². The maximum Gasteiger partial charge on any atom is 0.257 e. The Morgan fingerprint density at radius 1 is 1.21 bits per heavy atom. The Morgan fingerprint density at radius 3 is 2.59 bits per heavy atom. The molecule has 1 aliphatic heterocycles. The van der Waals surface area contributed by atoms with Crippen LogP contribution in [0.25, 0.3) is 0 Å². The highest BCUT2D eigenvalue weighted by atomic mass is 19.3. The third kappa shape index (κ3) is 7.02. The van der Waals surface area contributed by atoms with Crippen molar-refractivity contribution in [2.75, 3.05) is 18.4 Å². The molecule has 1 aromatic carbocycles. The third-order valence-corrected chi connectivity index (χ3v) is 6.56. The highest BCUT2D eigenvalue weighted by Crippen LogP contribution is 2.40. The monoisotopic (exact) mass is 543 g/mol. The summed E-state index contributed by atoms with van der Waals surface area (Å²) in [5.41, 5.74) is -0.0900. The normalized spacial score (nSPS) is 17.7. The standard InChI is InChI=1S/C27H28F3N5O4/c1-16(25(37)34-24-8-7-22(14-32-24)39-21-5-3-20(28)4-6-21)35-10-9-27(29,30)23(15-35)18-11-19(13-31-17(2)36)26(38)33-12-18/h3-8,11-12,14,16,23H,9-10,13,15H2,1-2H3,(H,31,36)(H,33,38)(H,32,34,37). The van der Waals surface area contributed by atoms with E-state index in [4.69, 9.17) is 4.74 Å². The number of hydrogen-bond donors (Lipinski definition) is 3. The molecule has 3 N–H and O–H groups in total. The summed E-state index contributed by atoms with van der Waals surface area (Å²) in [7, 11) is 0. The van der Waals surface area contributed by atoms with Gasteiger partial charge in [0.1, 0.15) is 23.1 Å². The van der Waals surface area contributed by atoms with E-state index in [-0.39, 0.29) is 48.3 Å². The van der Waals surface area contributed by atoms with Crippen LogP contribution in [0.3, 0.4) is 0 Å². The van der Waals surface area contributed by atoms with Crippen molar-refractivity contribution in [1.29, 1.82) is 0 Å². The first-order chi connectivity index (χ1) is 18.5. The van der Waals surface area contributed by atoms with Crippen LogP contribution in [0.15, 0.2) is 59.7 Å². The molecule has 9 nitrogen and oxygen atoms in total. The number of rotatable bonds is 8. The molecule has 206 valence electrons. The second-order valence-electron chi connectivity index (χ2n) is 9.36. The number of likely N-dealkylation sites (tertiary alicyclic amines) is 1. The first kappa shape index (κ1) is 27.8. The van der Waals surface area contributed by atoms with Crippen LogP contribution in [-0.4, -0.2) is 51.7 Å². The second kappa shape index (κ2) is 11.7. The van der Waals surface area contributed by atoms with E-state index in [0.29, 0.717) is 11.5 Å². The average molecular weight is 544 g/mol. The molecule has 2 atom stereocenters. The molecule has 39 heavy (non-hydrogen) atoms. The van der Waals surface area contributed by atoms with E-state index >= 15 is 0 Å². The molecule has 1 aliphatic rings. The molecule has 2 amide bonds. The lowest BCUT2D eigenvalue weighted by molar-refractivity contribution is -0.125. The van der Waals surface area contributed by atoms with E-state index in [1.165, 1.54) is 55.7 Å². The number of benzene rings is 1. The van der Waals surface area contributed by atoms with Crippen LogP contribution in [-0.2, 0) is 16.1 Å². The topological polar surface area (TPSA) is 116 Å². The predicted octanol–water partition coefficient (Wildman–Crippen LogP) is 3.79. The summed E-state index contributed by atoms with van der Waals surface area (Å²) in [6.07, 6.45) is 2.19. The molecular weight excluding hydrogens is 515 g/mol. The zero-order valence-electron chi connectivity index (χ0n) is 21.3. The van der Waals surface area contributed by atoms with Gasteiger partial charge < -0.3 is 20.4 Å². The highest BCUT2D eigenvalue weighted by molar-refractivity contribution is 5.93. The first-order valence-corrected chi connectivity index (χ1v) is 12.3. The zero-order chi connectivity index (χ0) is 28.2. The molecule has 2 unspecified atom stereocenters. The lowest BCUT2D eigenvalue weighted by Crippen LogP contribution is -2.52. The lowest BCUT2D eigenvalue weighted by Gasteiger charge is -2.40. The summed E-state index contributed by atoms with van der Waals surface area (Å²) in [6.45, 7) is 2.71. The van der Waals surface area contributed by atoms with Crippen LogP contribution in [0.4, 0.5) is 19.0 Å².